The second-order valence-corrected chi connectivity index (χ2v) is 5.49. The summed E-state index contributed by atoms with van der Waals surface area (Å²) >= 11 is 0. The Labute approximate surface area is 114 Å². The summed E-state index contributed by atoms with van der Waals surface area (Å²) in [6.07, 6.45) is 4.27. The van der Waals surface area contributed by atoms with Gasteiger partial charge in [-0.25, -0.2) is 0 Å². The molecule has 1 aromatic heterocycles. The summed E-state index contributed by atoms with van der Waals surface area (Å²) in [6, 6.07) is 4.56. The lowest BCUT2D eigenvalue weighted by atomic mass is 10.1. The number of aromatic nitrogens is 1. The van der Waals surface area contributed by atoms with Crippen LogP contribution in [0.25, 0.3) is 0 Å². The molecule has 104 valence electrons. The van der Waals surface area contributed by atoms with Gasteiger partial charge in [-0.1, -0.05) is 0 Å². The van der Waals surface area contributed by atoms with E-state index in [4.69, 9.17) is 11.1 Å². The summed E-state index contributed by atoms with van der Waals surface area (Å²) < 4.78 is 0. The fraction of sp³-hybridized carbons (Fsp3) is 0.571. The standard InChI is InChI=1S/C14H23N5/c1-18(2)10-12-4-3-7-19(12)9-11-5-6-17-13(8-11)14(15)16/h5-6,8,12H,3-4,7,9-10H2,1-2H3,(H3,15,16). The molecule has 0 saturated carbocycles. The average molecular weight is 261 g/mol. The normalized spacial score (nSPS) is 20.1. The molecule has 1 atom stereocenters. The van der Waals surface area contributed by atoms with Crippen molar-refractivity contribution in [2.45, 2.75) is 25.4 Å². The smallest absolute Gasteiger partial charge is 0.141 e. The van der Waals surface area contributed by atoms with E-state index in [9.17, 15) is 0 Å². The van der Waals surface area contributed by atoms with Crippen molar-refractivity contribution in [3.05, 3.63) is 29.6 Å². The second kappa shape index (κ2) is 6.12. The van der Waals surface area contributed by atoms with Gasteiger partial charge in [-0.3, -0.25) is 15.3 Å². The minimum Gasteiger partial charge on any atom is -0.382 e. The largest absolute Gasteiger partial charge is 0.382 e. The van der Waals surface area contributed by atoms with Crippen LogP contribution in [0.15, 0.2) is 18.3 Å². The maximum absolute atomic E-state index is 7.44. The molecule has 0 spiro atoms. The predicted molar refractivity (Wildman–Crippen MR) is 77.2 cm³/mol. The molecule has 5 heteroatoms. The fourth-order valence-corrected chi connectivity index (χ4v) is 2.69. The molecule has 1 unspecified atom stereocenters. The topological polar surface area (TPSA) is 69.2 Å². The highest BCUT2D eigenvalue weighted by atomic mass is 15.2. The van der Waals surface area contributed by atoms with Crippen molar-refractivity contribution >= 4 is 5.84 Å². The first-order valence-electron chi connectivity index (χ1n) is 6.74. The number of pyridine rings is 1. The summed E-state index contributed by atoms with van der Waals surface area (Å²) in [4.78, 5) is 8.86. The van der Waals surface area contributed by atoms with Crippen LogP contribution in [0.3, 0.4) is 0 Å². The van der Waals surface area contributed by atoms with Crippen molar-refractivity contribution in [2.24, 2.45) is 5.73 Å². The van der Waals surface area contributed by atoms with E-state index in [1.807, 2.05) is 12.1 Å². The SMILES string of the molecule is CN(C)CC1CCCN1Cc1ccnc(C(=N)N)c1. The number of rotatable bonds is 5. The first-order chi connectivity index (χ1) is 9.06. The molecule has 1 aliphatic rings. The number of nitrogens with zero attached hydrogens (tertiary/aromatic N) is 3. The number of nitrogen functional groups attached to an aromatic ring is 1. The van der Waals surface area contributed by atoms with Gasteiger partial charge in [0.15, 0.2) is 0 Å². The van der Waals surface area contributed by atoms with E-state index in [0.29, 0.717) is 11.7 Å². The second-order valence-electron chi connectivity index (χ2n) is 5.49. The van der Waals surface area contributed by atoms with Crippen molar-refractivity contribution in [3.8, 4) is 0 Å². The first kappa shape index (κ1) is 14.0. The molecule has 0 aromatic carbocycles. The van der Waals surface area contributed by atoms with Crippen LogP contribution in [0.1, 0.15) is 24.1 Å². The van der Waals surface area contributed by atoms with Crippen LogP contribution in [0.2, 0.25) is 0 Å². The highest BCUT2D eigenvalue weighted by molar-refractivity contribution is 5.93. The summed E-state index contributed by atoms with van der Waals surface area (Å²) in [6.45, 7) is 3.17. The third-order valence-corrected chi connectivity index (χ3v) is 3.56. The molecule has 0 radical (unpaired) electrons. The van der Waals surface area contributed by atoms with Gasteiger partial charge in [0.25, 0.3) is 0 Å². The van der Waals surface area contributed by atoms with Gasteiger partial charge in [0, 0.05) is 25.3 Å². The van der Waals surface area contributed by atoms with E-state index in [1.54, 1.807) is 6.20 Å². The van der Waals surface area contributed by atoms with E-state index in [1.165, 1.54) is 18.4 Å². The number of amidine groups is 1. The third-order valence-electron chi connectivity index (χ3n) is 3.56. The number of hydrogen-bond donors (Lipinski definition) is 2. The zero-order valence-corrected chi connectivity index (χ0v) is 11.8. The van der Waals surface area contributed by atoms with Crippen LogP contribution in [-0.4, -0.2) is 53.8 Å². The van der Waals surface area contributed by atoms with Gasteiger partial charge in [-0.15, -0.1) is 0 Å². The molecule has 1 aliphatic heterocycles. The van der Waals surface area contributed by atoms with Gasteiger partial charge in [0.05, 0.1) is 0 Å². The maximum atomic E-state index is 7.44. The van der Waals surface area contributed by atoms with Crippen LogP contribution in [0.5, 0.6) is 0 Å². The van der Waals surface area contributed by atoms with E-state index in [-0.39, 0.29) is 5.84 Å². The number of hydrogen-bond acceptors (Lipinski definition) is 4. The Hall–Kier alpha value is -1.46. The molecular weight excluding hydrogens is 238 g/mol. The van der Waals surface area contributed by atoms with E-state index in [2.05, 4.69) is 28.9 Å². The van der Waals surface area contributed by atoms with Gasteiger partial charge < -0.3 is 10.6 Å². The van der Waals surface area contributed by atoms with Gasteiger partial charge in [0.1, 0.15) is 11.5 Å². The Kier molecular flexibility index (Phi) is 4.50. The number of likely N-dealkylation sites (N-methyl/N-ethyl adjacent to an activating group) is 1. The molecule has 1 aromatic rings. The monoisotopic (exact) mass is 261 g/mol. The van der Waals surface area contributed by atoms with Crippen LogP contribution < -0.4 is 5.73 Å². The van der Waals surface area contributed by atoms with Crippen LogP contribution in [0, 0.1) is 5.41 Å². The highest BCUT2D eigenvalue weighted by Crippen LogP contribution is 2.20. The molecule has 1 saturated heterocycles. The summed E-state index contributed by atoms with van der Waals surface area (Å²) in [5.41, 5.74) is 7.24. The molecule has 0 bridgehead atoms. The third kappa shape index (κ3) is 3.75. The Morgan fingerprint density at radius 3 is 3.05 bits per heavy atom. The molecule has 0 aliphatic carbocycles. The van der Waals surface area contributed by atoms with E-state index in [0.717, 1.165) is 19.6 Å². The summed E-state index contributed by atoms with van der Waals surface area (Å²) in [5.74, 6) is 0.0353. The minimum atomic E-state index is 0.0353. The van der Waals surface area contributed by atoms with Gasteiger partial charge in [0.2, 0.25) is 0 Å². The van der Waals surface area contributed by atoms with Crippen molar-refractivity contribution in [2.75, 3.05) is 27.2 Å². The van der Waals surface area contributed by atoms with Crippen molar-refractivity contribution in [3.63, 3.8) is 0 Å². The first-order valence-corrected chi connectivity index (χ1v) is 6.74. The van der Waals surface area contributed by atoms with Gasteiger partial charge >= 0.3 is 0 Å². The van der Waals surface area contributed by atoms with Crippen molar-refractivity contribution in [1.82, 2.24) is 14.8 Å². The molecule has 2 heterocycles. The minimum absolute atomic E-state index is 0.0353. The molecular formula is C14H23N5. The molecule has 3 N–H and O–H groups in total. The Morgan fingerprint density at radius 1 is 1.58 bits per heavy atom. The van der Waals surface area contributed by atoms with Gasteiger partial charge in [-0.2, -0.15) is 0 Å². The molecule has 5 nitrogen and oxygen atoms in total. The van der Waals surface area contributed by atoms with Crippen LogP contribution in [0.4, 0.5) is 0 Å². The Bertz CT molecular complexity index is 443. The Balaban J connectivity index is 2.03. The van der Waals surface area contributed by atoms with Crippen LogP contribution >= 0.6 is 0 Å². The predicted octanol–water partition coefficient (Wildman–Crippen LogP) is 0.892. The highest BCUT2D eigenvalue weighted by Gasteiger charge is 2.24. The zero-order valence-electron chi connectivity index (χ0n) is 11.8. The maximum Gasteiger partial charge on any atom is 0.141 e. The number of nitrogens with one attached hydrogen (secondary N) is 1. The quantitative estimate of drug-likeness (QED) is 0.610. The molecule has 19 heavy (non-hydrogen) atoms. The van der Waals surface area contributed by atoms with Gasteiger partial charge in [-0.05, 0) is 51.2 Å². The lowest BCUT2D eigenvalue weighted by Crippen LogP contribution is -2.37. The summed E-state index contributed by atoms with van der Waals surface area (Å²) in [5, 5.41) is 7.44. The fourth-order valence-electron chi connectivity index (χ4n) is 2.69. The number of likely N-dealkylation sites (tertiary alicyclic amines) is 1. The molecule has 2 rings (SSSR count). The van der Waals surface area contributed by atoms with Crippen LogP contribution in [-0.2, 0) is 6.54 Å². The molecule has 0 amide bonds. The lowest BCUT2D eigenvalue weighted by Gasteiger charge is -2.27. The average Bonchev–Trinajstić information content (AvgIpc) is 2.76. The number of nitrogens with two attached hydrogens (primary N) is 1. The van der Waals surface area contributed by atoms with Crippen molar-refractivity contribution < 1.29 is 0 Å². The zero-order chi connectivity index (χ0) is 13.8. The van der Waals surface area contributed by atoms with E-state index >= 15 is 0 Å². The molecule has 1 fully saturated rings. The lowest BCUT2D eigenvalue weighted by molar-refractivity contribution is 0.201. The van der Waals surface area contributed by atoms with E-state index < -0.39 is 0 Å². The summed E-state index contributed by atoms with van der Waals surface area (Å²) in [7, 11) is 4.24. The van der Waals surface area contributed by atoms with Crippen molar-refractivity contribution in [1.29, 1.82) is 5.41 Å². The Morgan fingerprint density at radius 2 is 2.37 bits per heavy atom.